The molecule has 0 rings (SSSR count). The van der Waals surface area contributed by atoms with Gasteiger partial charge in [-0.15, -0.1) is 0 Å². The Morgan fingerprint density at radius 3 is 0.917 bits per heavy atom. The van der Waals surface area contributed by atoms with E-state index in [0.29, 0.717) is 0 Å². The lowest BCUT2D eigenvalue weighted by atomic mass is 9.83. The summed E-state index contributed by atoms with van der Waals surface area (Å²) in [6, 6.07) is 0. The Kier molecular flexibility index (Phi) is 3.18. The zero-order valence-electron chi connectivity index (χ0n) is 7.68. The van der Waals surface area contributed by atoms with E-state index in [2.05, 4.69) is 0 Å². The predicted octanol–water partition coefficient (Wildman–Crippen LogP) is 0.704. The Bertz CT molecular complexity index is 138. The van der Waals surface area contributed by atoms with E-state index < -0.39 is 11.1 Å². The molecule has 0 amide bonds. The molecule has 0 aliphatic rings. The van der Waals surface area contributed by atoms with Gasteiger partial charge in [-0.1, -0.05) is 10.5 Å². The molecule has 0 aromatic heterocycles. The van der Waals surface area contributed by atoms with E-state index in [1.54, 1.807) is 0 Å². The zero-order chi connectivity index (χ0) is 10.2. The molecule has 74 valence electrons. The lowest BCUT2D eigenvalue weighted by Gasteiger charge is -2.44. The first-order valence-electron chi connectivity index (χ1n) is 3.50. The summed E-state index contributed by atoms with van der Waals surface area (Å²) < 4.78 is 0. The van der Waals surface area contributed by atoms with E-state index >= 15 is 0 Å². The standard InChI is InChI=1S/C6H16N2O4/c1-5(2,7(9)10)6(3,4)8(11)12/h9-12H,1-4H3. The maximum absolute atomic E-state index is 8.80. The molecule has 0 fully saturated rings. The fraction of sp³-hybridized carbons (Fsp3) is 1.00. The normalized spacial score (nSPS) is 14.5. The Hall–Kier alpha value is -0.240. The summed E-state index contributed by atoms with van der Waals surface area (Å²) in [4.78, 5) is 0. The minimum absolute atomic E-state index is 0.0492. The second-order valence-corrected chi connectivity index (χ2v) is 3.70. The summed E-state index contributed by atoms with van der Waals surface area (Å²) in [5.41, 5.74) is -2.42. The molecule has 0 saturated heterocycles. The van der Waals surface area contributed by atoms with Crippen molar-refractivity contribution in [2.45, 2.75) is 38.8 Å². The van der Waals surface area contributed by atoms with Crippen LogP contribution in [0.4, 0.5) is 0 Å². The van der Waals surface area contributed by atoms with Gasteiger partial charge in [-0.2, -0.15) is 0 Å². The lowest BCUT2D eigenvalue weighted by Crippen LogP contribution is -2.62. The summed E-state index contributed by atoms with van der Waals surface area (Å²) in [5, 5.41) is 35.1. The molecule has 12 heavy (non-hydrogen) atoms. The van der Waals surface area contributed by atoms with E-state index in [4.69, 9.17) is 20.8 Å². The van der Waals surface area contributed by atoms with Gasteiger partial charge in [0.05, 0.1) is 11.1 Å². The highest BCUT2D eigenvalue weighted by molar-refractivity contribution is 4.94. The molecule has 6 nitrogen and oxygen atoms in total. The molecular formula is C6H16N2O4. The van der Waals surface area contributed by atoms with Crippen LogP contribution in [0.5, 0.6) is 0 Å². The number of nitrogens with zero attached hydrogens (tertiary/aromatic N) is 2. The highest BCUT2D eigenvalue weighted by Crippen LogP contribution is 2.29. The van der Waals surface area contributed by atoms with Crippen LogP contribution in [-0.2, 0) is 0 Å². The molecule has 0 heterocycles. The van der Waals surface area contributed by atoms with Crippen LogP contribution in [0.2, 0.25) is 0 Å². The van der Waals surface area contributed by atoms with Gasteiger partial charge in [0.15, 0.2) is 0 Å². The molecule has 0 saturated carbocycles. The van der Waals surface area contributed by atoms with Gasteiger partial charge in [0.25, 0.3) is 0 Å². The Balaban J connectivity index is 4.75. The third kappa shape index (κ3) is 1.74. The molecule has 0 bridgehead atoms. The fourth-order valence-electron chi connectivity index (χ4n) is 0.489. The Morgan fingerprint density at radius 1 is 0.667 bits per heavy atom. The SMILES string of the molecule is CC(C)(N(O)O)C(C)(C)N(O)O. The van der Waals surface area contributed by atoms with Crippen LogP contribution >= 0.6 is 0 Å². The first-order valence-corrected chi connectivity index (χ1v) is 3.50. The van der Waals surface area contributed by atoms with Gasteiger partial charge < -0.3 is 0 Å². The topological polar surface area (TPSA) is 87.4 Å². The molecule has 0 aromatic rings. The van der Waals surface area contributed by atoms with Crippen LogP contribution < -0.4 is 0 Å². The van der Waals surface area contributed by atoms with E-state index in [9.17, 15) is 0 Å². The van der Waals surface area contributed by atoms with Gasteiger partial charge in [0.2, 0.25) is 0 Å². The summed E-state index contributed by atoms with van der Waals surface area (Å²) in [7, 11) is 0. The van der Waals surface area contributed by atoms with Crippen molar-refractivity contribution in [3.05, 3.63) is 0 Å². The first-order chi connectivity index (χ1) is 5.14. The van der Waals surface area contributed by atoms with Crippen molar-refractivity contribution in [2.24, 2.45) is 0 Å². The quantitative estimate of drug-likeness (QED) is 0.478. The van der Waals surface area contributed by atoms with Crippen molar-refractivity contribution in [3.63, 3.8) is 0 Å². The van der Waals surface area contributed by atoms with Crippen molar-refractivity contribution in [2.75, 3.05) is 0 Å². The van der Waals surface area contributed by atoms with Crippen molar-refractivity contribution in [1.82, 2.24) is 10.5 Å². The minimum Gasteiger partial charge on any atom is -0.289 e. The summed E-state index contributed by atoms with van der Waals surface area (Å²) in [5.74, 6) is 0. The van der Waals surface area contributed by atoms with E-state index in [1.807, 2.05) is 0 Å². The van der Waals surface area contributed by atoms with Crippen LogP contribution in [-0.4, -0.2) is 42.4 Å². The minimum atomic E-state index is -1.21. The third-order valence-corrected chi connectivity index (χ3v) is 2.50. The zero-order valence-corrected chi connectivity index (χ0v) is 7.68. The highest BCUT2D eigenvalue weighted by atomic mass is 16.8. The Morgan fingerprint density at radius 2 is 0.833 bits per heavy atom. The molecule has 6 heteroatoms. The van der Waals surface area contributed by atoms with Gasteiger partial charge in [-0.25, -0.2) is 0 Å². The fourth-order valence-corrected chi connectivity index (χ4v) is 0.489. The summed E-state index contributed by atoms with van der Waals surface area (Å²) in [6.45, 7) is 5.80. The number of hydrogen-bond acceptors (Lipinski definition) is 6. The van der Waals surface area contributed by atoms with Crippen molar-refractivity contribution in [1.29, 1.82) is 0 Å². The van der Waals surface area contributed by atoms with Crippen molar-refractivity contribution in [3.8, 4) is 0 Å². The highest BCUT2D eigenvalue weighted by Gasteiger charge is 2.46. The van der Waals surface area contributed by atoms with Gasteiger partial charge in [-0.3, -0.25) is 20.8 Å². The van der Waals surface area contributed by atoms with Crippen molar-refractivity contribution < 1.29 is 20.8 Å². The smallest absolute Gasteiger partial charge is 0.0901 e. The van der Waals surface area contributed by atoms with E-state index in [-0.39, 0.29) is 10.5 Å². The van der Waals surface area contributed by atoms with Crippen LogP contribution in [0.15, 0.2) is 0 Å². The molecular weight excluding hydrogens is 164 g/mol. The monoisotopic (exact) mass is 180 g/mol. The second kappa shape index (κ2) is 3.25. The molecule has 0 aromatic carbocycles. The third-order valence-electron chi connectivity index (χ3n) is 2.50. The van der Waals surface area contributed by atoms with Gasteiger partial charge in [0, 0.05) is 0 Å². The van der Waals surface area contributed by atoms with Gasteiger partial charge in [0.1, 0.15) is 0 Å². The maximum atomic E-state index is 8.80. The van der Waals surface area contributed by atoms with Crippen LogP contribution in [0.1, 0.15) is 27.7 Å². The second-order valence-electron chi connectivity index (χ2n) is 3.70. The van der Waals surface area contributed by atoms with E-state index in [1.165, 1.54) is 27.7 Å². The summed E-state index contributed by atoms with van der Waals surface area (Å²) in [6.07, 6.45) is 0. The molecule has 0 atom stereocenters. The lowest BCUT2D eigenvalue weighted by molar-refractivity contribution is -0.430. The first kappa shape index (κ1) is 11.8. The van der Waals surface area contributed by atoms with Crippen LogP contribution in [0, 0.1) is 0 Å². The van der Waals surface area contributed by atoms with Crippen LogP contribution in [0.3, 0.4) is 0 Å². The number of hydroxylamine groups is 4. The molecule has 0 unspecified atom stereocenters. The Labute approximate surface area is 71.1 Å². The van der Waals surface area contributed by atoms with Crippen molar-refractivity contribution >= 4 is 0 Å². The molecule has 0 aliphatic heterocycles. The largest absolute Gasteiger partial charge is 0.289 e. The average molecular weight is 180 g/mol. The van der Waals surface area contributed by atoms with Crippen LogP contribution in [0.25, 0.3) is 0 Å². The van der Waals surface area contributed by atoms with Gasteiger partial charge in [-0.05, 0) is 27.7 Å². The summed E-state index contributed by atoms with van der Waals surface area (Å²) >= 11 is 0. The molecule has 0 radical (unpaired) electrons. The molecule has 4 N–H and O–H groups in total. The van der Waals surface area contributed by atoms with E-state index in [0.717, 1.165) is 0 Å². The predicted molar refractivity (Wildman–Crippen MR) is 39.0 cm³/mol. The molecule has 0 spiro atoms. The number of hydrogen-bond donors (Lipinski definition) is 4. The average Bonchev–Trinajstić information content (AvgIpc) is 1.86. The van der Waals surface area contributed by atoms with Gasteiger partial charge >= 0.3 is 0 Å². The number of rotatable bonds is 3. The maximum Gasteiger partial charge on any atom is 0.0901 e. The molecule has 0 aliphatic carbocycles.